The van der Waals surface area contributed by atoms with Gasteiger partial charge in [-0.1, -0.05) is 0 Å². The molecule has 1 aliphatic heterocycles. The van der Waals surface area contributed by atoms with Gasteiger partial charge in [-0.15, -0.1) is 0 Å². The van der Waals surface area contributed by atoms with Gasteiger partial charge in [0.1, 0.15) is 17.6 Å². The van der Waals surface area contributed by atoms with E-state index in [1.807, 2.05) is 31.2 Å². The largest absolute Gasteiger partial charge is 0.497 e. The zero-order valence-corrected chi connectivity index (χ0v) is 13.1. The van der Waals surface area contributed by atoms with E-state index in [1.165, 1.54) is 19.3 Å². The second kappa shape index (κ2) is 6.15. The molecule has 0 spiro atoms. The average molecular weight is 295 g/mol. The summed E-state index contributed by atoms with van der Waals surface area (Å²) < 4.78 is 5.21. The van der Waals surface area contributed by atoms with Gasteiger partial charge in [-0.3, -0.25) is 0 Å². The predicted molar refractivity (Wildman–Crippen MR) is 88.3 cm³/mol. The maximum absolute atomic E-state index is 9.56. The van der Waals surface area contributed by atoms with Crippen LogP contribution in [0, 0.1) is 18.3 Å². The molecule has 0 saturated carbocycles. The lowest BCUT2D eigenvalue weighted by atomic mass is 10.1. The molecule has 0 atom stereocenters. The van der Waals surface area contributed by atoms with Gasteiger partial charge in [0.05, 0.1) is 18.4 Å². The van der Waals surface area contributed by atoms with Crippen molar-refractivity contribution in [1.82, 2.24) is 4.98 Å². The number of aromatic amines is 1. The molecule has 1 fully saturated rings. The molecule has 1 aromatic heterocycles. The first-order valence-corrected chi connectivity index (χ1v) is 7.76. The number of benzene rings is 1. The van der Waals surface area contributed by atoms with Crippen LogP contribution in [0.4, 0.5) is 5.82 Å². The van der Waals surface area contributed by atoms with Crippen LogP contribution in [0.5, 0.6) is 5.75 Å². The molecule has 0 bridgehead atoms. The normalized spacial score (nSPS) is 14.7. The molecule has 2 aromatic rings. The summed E-state index contributed by atoms with van der Waals surface area (Å²) in [6.45, 7) is 4.06. The number of ether oxygens (including phenoxy) is 1. The second-order valence-corrected chi connectivity index (χ2v) is 5.74. The summed E-state index contributed by atoms with van der Waals surface area (Å²) in [5, 5.41) is 9.56. The summed E-state index contributed by atoms with van der Waals surface area (Å²) >= 11 is 0. The van der Waals surface area contributed by atoms with Gasteiger partial charge in [0.25, 0.3) is 0 Å². The smallest absolute Gasteiger partial charge is 0.124 e. The van der Waals surface area contributed by atoms with Gasteiger partial charge in [0.15, 0.2) is 0 Å². The topological polar surface area (TPSA) is 52.0 Å². The number of hydrogen-bond donors (Lipinski definition) is 1. The summed E-state index contributed by atoms with van der Waals surface area (Å²) in [6, 6.07) is 10.3. The standard InChI is InChI=1S/C18H21N3O/c1-13-16(12-19)18(21-10-4-3-5-11-21)20-17(13)14-6-8-15(22-2)9-7-14/h6-9,20H,3-5,10-11H2,1-2H3. The molecule has 0 radical (unpaired) electrons. The average Bonchev–Trinajstić information content (AvgIpc) is 2.92. The number of aromatic nitrogens is 1. The Morgan fingerprint density at radius 1 is 1.14 bits per heavy atom. The molecule has 1 N–H and O–H groups in total. The van der Waals surface area contributed by atoms with Crippen LogP contribution in [0.2, 0.25) is 0 Å². The number of nitrogens with zero attached hydrogens (tertiary/aromatic N) is 2. The van der Waals surface area contributed by atoms with E-state index in [0.717, 1.165) is 47.0 Å². The van der Waals surface area contributed by atoms with E-state index in [9.17, 15) is 5.26 Å². The zero-order valence-electron chi connectivity index (χ0n) is 13.1. The van der Waals surface area contributed by atoms with Crippen molar-refractivity contribution in [3.8, 4) is 23.1 Å². The van der Waals surface area contributed by atoms with Crippen LogP contribution in [-0.4, -0.2) is 25.2 Å². The van der Waals surface area contributed by atoms with Gasteiger partial charge in [-0.05, 0) is 61.6 Å². The third kappa shape index (κ3) is 2.55. The molecule has 22 heavy (non-hydrogen) atoms. The van der Waals surface area contributed by atoms with E-state index in [1.54, 1.807) is 7.11 Å². The number of nitriles is 1. The lowest BCUT2D eigenvalue weighted by Crippen LogP contribution is -2.30. The van der Waals surface area contributed by atoms with Crippen LogP contribution in [0.15, 0.2) is 24.3 Å². The molecule has 1 saturated heterocycles. The first-order chi connectivity index (χ1) is 10.7. The Hall–Kier alpha value is -2.41. The number of hydrogen-bond acceptors (Lipinski definition) is 3. The van der Waals surface area contributed by atoms with Crippen molar-refractivity contribution >= 4 is 5.82 Å². The van der Waals surface area contributed by atoms with E-state index in [0.29, 0.717) is 0 Å². The fraction of sp³-hybridized carbons (Fsp3) is 0.389. The molecule has 4 heteroatoms. The highest BCUT2D eigenvalue weighted by atomic mass is 16.5. The predicted octanol–water partition coefficient (Wildman–Crippen LogP) is 3.86. The van der Waals surface area contributed by atoms with Crippen LogP contribution >= 0.6 is 0 Å². The summed E-state index contributed by atoms with van der Waals surface area (Å²) in [5.74, 6) is 1.82. The van der Waals surface area contributed by atoms with Crippen LogP contribution in [-0.2, 0) is 0 Å². The third-order valence-electron chi connectivity index (χ3n) is 4.39. The van der Waals surface area contributed by atoms with Crippen molar-refractivity contribution in [3.63, 3.8) is 0 Å². The fourth-order valence-electron chi connectivity index (χ4n) is 3.12. The minimum atomic E-state index is 0.771. The molecular formula is C18H21N3O. The maximum Gasteiger partial charge on any atom is 0.124 e. The zero-order chi connectivity index (χ0) is 15.5. The number of piperidine rings is 1. The second-order valence-electron chi connectivity index (χ2n) is 5.74. The van der Waals surface area contributed by atoms with Crippen LogP contribution in [0.25, 0.3) is 11.3 Å². The molecule has 4 nitrogen and oxygen atoms in total. The fourth-order valence-corrected chi connectivity index (χ4v) is 3.12. The molecular weight excluding hydrogens is 274 g/mol. The van der Waals surface area contributed by atoms with E-state index in [2.05, 4.69) is 16.0 Å². The summed E-state index contributed by atoms with van der Waals surface area (Å²) in [5.41, 5.74) is 3.90. The Bertz CT molecular complexity index is 688. The first kappa shape index (κ1) is 14.5. The van der Waals surface area contributed by atoms with Crippen molar-refractivity contribution in [2.24, 2.45) is 0 Å². The minimum Gasteiger partial charge on any atom is -0.497 e. The molecule has 0 unspecified atom stereocenters. The van der Waals surface area contributed by atoms with Crippen LogP contribution in [0.3, 0.4) is 0 Å². The van der Waals surface area contributed by atoms with Gasteiger partial charge in [0.2, 0.25) is 0 Å². The maximum atomic E-state index is 9.56. The molecule has 2 heterocycles. The van der Waals surface area contributed by atoms with Gasteiger partial charge in [0, 0.05) is 13.1 Å². The van der Waals surface area contributed by atoms with Gasteiger partial charge < -0.3 is 14.6 Å². The quantitative estimate of drug-likeness (QED) is 0.935. The molecule has 0 amide bonds. The van der Waals surface area contributed by atoms with E-state index < -0.39 is 0 Å². The Morgan fingerprint density at radius 2 is 1.82 bits per heavy atom. The molecule has 1 aliphatic rings. The van der Waals surface area contributed by atoms with E-state index in [4.69, 9.17) is 4.74 Å². The highest BCUT2D eigenvalue weighted by molar-refractivity contribution is 5.74. The minimum absolute atomic E-state index is 0.771. The van der Waals surface area contributed by atoms with Crippen molar-refractivity contribution in [2.75, 3.05) is 25.1 Å². The van der Waals surface area contributed by atoms with E-state index in [-0.39, 0.29) is 0 Å². The van der Waals surface area contributed by atoms with Gasteiger partial charge >= 0.3 is 0 Å². The number of nitrogens with one attached hydrogen (secondary N) is 1. The Labute approximate surface area is 131 Å². The van der Waals surface area contributed by atoms with Crippen molar-refractivity contribution in [2.45, 2.75) is 26.2 Å². The number of methoxy groups -OCH3 is 1. The molecule has 3 rings (SSSR count). The summed E-state index contributed by atoms with van der Waals surface area (Å²) in [6.07, 6.45) is 3.67. The number of anilines is 1. The lowest BCUT2D eigenvalue weighted by Gasteiger charge is -2.27. The number of rotatable bonds is 3. The third-order valence-corrected chi connectivity index (χ3v) is 4.39. The van der Waals surface area contributed by atoms with Crippen LogP contribution in [0.1, 0.15) is 30.4 Å². The van der Waals surface area contributed by atoms with Crippen LogP contribution < -0.4 is 9.64 Å². The Balaban J connectivity index is 2.01. The highest BCUT2D eigenvalue weighted by Crippen LogP contribution is 2.33. The van der Waals surface area contributed by atoms with Gasteiger partial charge in [-0.2, -0.15) is 5.26 Å². The Morgan fingerprint density at radius 3 is 2.41 bits per heavy atom. The van der Waals surface area contributed by atoms with Crippen molar-refractivity contribution in [1.29, 1.82) is 5.26 Å². The lowest BCUT2D eigenvalue weighted by molar-refractivity contribution is 0.415. The molecule has 114 valence electrons. The first-order valence-electron chi connectivity index (χ1n) is 7.76. The molecule has 1 aromatic carbocycles. The van der Waals surface area contributed by atoms with E-state index >= 15 is 0 Å². The summed E-state index contributed by atoms with van der Waals surface area (Å²) in [7, 11) is 1.66. The SMILES string of the molecule is COc1ccc(-c2[nH]c(N3CCCCC3)c(C#N)c2C)cc1. The van der Waals surface area contributed by atoms with Gasteiger partial charge in [-0.25, -0.2) is 0 Å². The van der Waals surface area contributed by atoms with Crippen molar-refractivity contribution < 1.29 is 4.74 Å². The summed E-state index contributed by atoms with van der Waals surface area (Å²) in [4.78, 5) is 5.79. The van der Waals surface area contributed by atoms with Crippen molar-refractivity contribution in [3.05, 3.63) is 35.4 Å². The monoisotopic (exact) mass is 295 g/mol. The highest BCUT2D eigenvalue weighted by Gasteiger charge is 2.21. The molecule has 0 aliphatic carbocycles. The number of H-pyrrole nitrogens is 1. The Kier molecular flexibility index (Phi) is 4.06.